The van der Waals surface area contributed by atoms with E-state index < -0.39 is 0 Å². The van der Waals surface area contributed by atoms with Crippen LogP contribution in [0.1, 0.15) is 31.4 Å². The summed E-state index contributed by atoms with van der Waals surface area (Å²) in [5.74, 6) is 0.881. The first-order chi connectivity index (χ1) is 11.3. The summed E-state index contributed by atoms with van der Waals surface area (Å²) >= 11 is 1.66. The van der Waals surface area contributed by atoms with Gasteiger partial charge in [-0.3, -0.25) is 0 Å². The molecule has 2 aliphatic rings. The molecule has 0 spiro atoms. The van der Waals surface area contributed by atoms with Gasteiger partial charge in [0.1, 0.15) is 0 Å². The highest BCUT2D eigenvalue weighted by Crippen LogP contribution is 2.31. The Bertz CT molecular complexity index is 474. The number of thiazole rings is 1. The number of hydrogen-bond donors (Lipinski definition) is 2. The van der Waals surface area contributed by atoms with Gasteiger partial charge in [-0.1, -0.05) is 12.8 Å². The van der Waals surface area contributed by atoms with Gasteiger partial charge in [0.25, 0.3) is 0 Å². The van der Waals surface area contributed by atoms with Gasteiger partial charge in [-0.2, -0.15) is 0 Å². The Morgan fingerprint density at radius 1 is 1.09 bits per heavy atom. The van der Waals surface area contributed by atoms with Crippen molar-refractivity contribution in [1.82, 2.24) is 9.88 Å². The number of nitrogens with zero attached hydrogens (tertiary/aromatic N) is 3. The highest BCUT2D eigenvalue weighted by molar-refractivity contribution is 7.13. The van der Waals surface area contributed by atoms with Gasteiger partial charge >= 0.3 is 0 Å². The zero-order valence-electron chi connectivity index (χ0n) is 13.9. The fraction of sp³-hybridized carbons (Fsp3) is 0.824. The molecule has 3 heterocycles. The lowest BCUT2D eigenvalue weighted by Gasteiger charge is -2.26. The number of anilines is 1. The van der Waals surface area contributed by atoms with Gasteiger partial charge in [0.15, 0.2) is 5.13 Å². The second kappa shape index (κ2) is 8.42. The first-order valence-electron chi connectivity index (χ1n) is 8.93. The molecule has 0 aliphatic carbocycles. The molecule has 0 bridgehead atoms. The number of rotatable bonds is 6. The Kier molecular flexibility index (Phi) is 6.28. The maximum Gasteiger partial charge on any atom is 0.185 e. The van der Waals surface area contributed by atoms with E-state index in [0.29, 0.717) is 18.3 Å². The molecule has 130 valence electrons. The van der Waals surface area contributed by atoms with Crippen molar-refractivity contribution in [3.63, 3.8) is 0 Å². The SMILES string of the molecule is OCCc1csc(N2C[C@@H](CN3CCCCCC3)[C@@H](CO)C2)n1. The van der Waals surface area contributed by atoms with E-state index >= 15 is 0 Å². The smallest absolute Gasteiger partial charge is 0.185 e. The molecular weight excluding hydrogens is 310 g/mol. The van der Waals surface area contributed by atoms with E-state index in [1.165, 1.54) is 38.8 Å². The Hall–Kier alpha value is -0.690. The first-order valence-corrected chi connectivity index (χ1v) is 9.81. The molecule has 0 unspecified atom stereocenters. The number of aliphatic hydroxyl groups excluding tert-OH is 2. The summed E-state index contributed by atoms with van der Waals surface area (Å²) in [6, 6.07) is 0. The molecule has 2 fully saturated rings. The molecule has 2 saturated heterocycles. The predicted molar refractivity (Wildman–Crippen MR) is 94.1 cm³/mol. The molecule has 2 N–H and O–H groups in total. The number of hydrogen-bond acceptors (Lipinski definition) is 6. The molecular formula is C17H29N3O2S. The highest BCUT2D eigenvalue weighted by atomic mass is 32.1. The van der Waals surface area contributed by atoms with Crippen molar-refractivity contribution in [2.75, 3.05) is 50.8 Å². The highest BCUT2D eigenvalue weighted by Gasteiger charge is 2.34. The predicted octanol–water partition coefficient (Wildman–Crippen LogP) is 1.60. The molecule has 0 aromatic carbocycles. The van der Waals surface area contributed by atoms with Gasteiger partial charge in [0, 0.05) is 50.6 Å². The van der Waals surface area contributed by atoms with Crippen molar-refractivity contribution in [2.45, 2.75) is 32.1 Å². The van der Waals surface area contributed by atoms with Crippen LogP contribution in [0, 0.1) is 11.8 Å². The van der Waals surface area contributed by atoms with E-state index in [-0.39, 0.29) is 13.2 Å². The van der Waals surface area contributed by atoms with E-state index in [0.717, 1.165) is 30.5 Å². The molecule has 1 aromatic rings. The van der Waals surface area contributed by atoms with Crippen LogP contribution in [-0.4, -0.2) is 66.0 Å². The molecule has 23 heavy (non-hydrogen) atoms. The summed E-state index contributed by atoms with van der Waals surface area (Å²) in [7, 11) is 0. The van der Waals surface area contributed by atoms with E-state index in [1.807, 2.05) is 5.38 Å². The Morgan fingerprint density at radius 2 is 1.83 bits per heavy atom. The second-order valence-corrected chi connectivity index (χ2v) is 7.75. The van der Waals surface area contributed by atoms with Crippen molar-refractivity contribution in [3.05, 3.63) is 11.1 Å². The van der Waals surface area contributed by atoms with Crippen molar-refractivity contribution in [3.8, 4) is 0 Å². The monoisotopic (exact) mass is 339 g/mol. The maximum atomic E-state index is 9.78. The van der Waals surface area contributed by atoms with Gasteiger partial charge in [-0.05, 0) is 31.8 Å². The van der Waals surface area contributed by atoms with Crippen LogP contribution in [0.15, 0.2) is 5.38 Å². The molecule has 1 aromatic heterocycles. The van der Waals surface area contributed by atoms with E-state index in [1.54, 1.807) is 11.3 Å². The first kappa shape index (κ1) is 17.1. The van der Waals surface area contributed by atoms with Crippen molar-refractivity contribution in [2.24, 2.45) is 11.8 Å². The van der Waals surface area contributed by atoms with Crippen LogP contribution in [0.25, 0.3) is 0 Å². The minimum atomic E-state index is 0.153. The lowest BCUT2D eigenvalue weighted by molar-refractivity contribution is 0.165. The average molecular weight is 340 g/mol. The quantitative estimate of drug-likeness (QED) is 0.824. The Labute approximate surface area is 142 Å². The fourth-order valence-electron chi connectivity index (χ4n) is 3.83. The van der Waals surface area contributed by atoms with Crippen LogP contribution in [0.2, 0.25) is 0 Å². The molecule has 0 saturated carbocycles. The van der Waals surface area contributed by atoms with E-state index in [9.17, 15) is 5.11 Å². The second-order valence-electron chi connectivity index (χ2n) is 6.92. The lowest BCUT2D eigenvalue weighted by Crippen LogP contribution is -2.34. The molecule has 2 atom stereocenters. The number of aliphatic hydroxyl groups is 2. The standard InChI is InChI=1S/C17H29N3O2S/c21-8-5-16-13-23-17(18-16)20-10-14(15(11-20)12-22)9-19-6-3-1-2-4-7-19/h13-15,21-22H,1-12H2/t14-,15-/m1/s1. The topological polar surface area (TPSA) is 59.8 Å². The normalized spacial score (nSPS) is 26.6. The molecule has 0 radical (unpaired) electrons. The third-order valence-electron chi connectivity index (χ3n) is 5.18. The Balaban J connectivity index is 1.60. The summed E-state index contributed by atoms with van der Waals surface area (Å²) in [5.41, 5.74) is 0.976. The minimum Gasteiger partial charge on any atom is -0.396 e. The zero-order valence-corrected chi connectivity index (χ0v) is 14.7. The number of likely N-dealkylation sites (tertiary alicyclic amines) is 1. The van der Waals surface area contributed by atoms with Gasteiger partial charge in [-0.25, -0.2) is 4.98 Å². The number of aromatic nitrogens is 1. The largest absolute Gasteiger partial charge is 0.396 e. The van der Waals surface area contributed by atoms with Crippen molar-refractivity contribution < 1.29 is 10.2 Å². The zero-order chi connectivity index (χ0) is 16.1. The fourth-order valence-corrected chi connectivity index (χ4v) is 4.71. The van der Waals surface area contributed by atoms with Crippen molar-refractivity contribution >= 4 is 16.5 Å². The Morgan fingerprint density at radius 3 is 2.52 bits per heavy atom. The van der Waals surface area contributed by atoms with Gasteiger partial charge in [-0.15, -0.1) is 11.3 Å². The third kappa shape index (κ3) is 4.44. The third-order valence-corrected chi connectivity index (χ3v) is 6.13. The van der Waals surface area contributed by atoms with Crippen LogP contribution < -0.4 is 4.90 Å². The maximum absolute atomic E-state index is 9.78. The van der Waals surface area contributed by atoms with Crippen molar-refractivity contribution in [1.29, 1.82) is 0 Å². The molecule has 0 amide bonds. The van der Waals surface area contributed by atoms with Gasteiger partial charge in [0.2, 0.25) is 0 Å². The molecule has 5 nitrogen and oxygen atoms in total. The van der Waals surface area contributed by atoms with Crippen LogP contribution >= 0.6 is 11.3 Å². The summed E-state index contributed by atoms with van der Waals surface area (Å²) in [5, 5.41) is 21.9. The van der Waals surface area contributed by atoms with Crippen LogP contribution in [0.4, 0.5) is 5.13 Å². The summed E-state index contributed by atoms with van der Waals surface area (Å²) < 4.78 is 0. The molecule has 2 aliphatic heterocycles. The summed E-state index contributed by atoms with van der Waals surface area (Å²) in [4.78, 5) is 9.56. The van der Waals surface area contributed by atoms with Gasteiger partial charge < -0.3 is 20.0 Å². The average Bonchev–Trinajstić information content (AvgIpc) is 3.09. The van der Waals surface area contributed by atoms with E-state index in [2.05, 4.69) is 14.8 Å². The van der Waals surface area contributed by atoms with Crippen LogP contribution in [0.5, 0.6) is 0 Å². The molecule has 6 heteroatoms. The minimum absolute atomic E-state index is 0.153. The lowest BCUT2D eigenvalue weighted by atomic mass is 9.96. The van der Waals surface area contributed by atoms with Crippen LogP contribution in [-0.2, 0) is 6.42 Å². The van der Waals surface area contributed by atoms with E-state index in [4.69, 9.17) is 5.11 Å². The summed E-state index contributed by atoms with van der Waals surface area (Å²) in [6.07, 6.45) is 5.99. The molecule has 3 rings (SSSR count). The summed E-state index contributed by atoms with van der Waals surface area (Å²) in [6.45, 7) is 5.86. The van der Waals surface area contributed by atoms with Crippen LogP contribution in [0.3, 0.4) is 0 Å². The van der Waals surface area contributed by atoms with Gasteiger partial charge in [0.05, 0.1) is 5.69 Å².